The molecule has 0 spiro atoms. The third kappa shape index (κ3) is 16.9. The van der Waals surface area contributed by atoms with Gasteiger partial charge in [0.05, 0.1) is 0 Å². The summed E-state index contributed by atoms with van der Waals surface area (Å²) in [5, 5.41) is 7.50. The average molecular weight is 901 g/mol. The van der Waals surface area contributed by atoms with Gasteiger partial charge in [-0.1, -0.05) is 160 Å². The summed E-state index contributed by atoms with van der Waals surface area (Å²) in [4.78, 5) is 0. The third-order valence-electron chi connectivity index (χ3n) is 6.58. The summed E-state index contributed by atoms with van der Waals surface area (Å²) in [5.41, 5.74) is 0. The van der Waals surface area contributed by atoms with E-state index in [9.17, 15) is 16.9 Å². The van der Waals surface area contributed by atoms with Crippen LogP contribution in [0.15, 0.2) is 152 Å². The van der Waals surface area contributed by atoms with Crippen molar-refractivity contribution in [1.29, 1.82) is 0 Å². The fraction of sp³-hybridized carbons (Fsp3) is 0.114. The van der Waals surface area contributed by atoms with Crippen LogP contribution in [0.3, 0.4) is 0 Å². The van der Waals surface area contributed by atoms with Gasteiger partial charge in [0.15, 0.2) is 0 Å². The predicted molar refractivity (Wildman–Crippen MR) is 187 cm³/mol. The van der Waals surface area contributed by atoms with Gasteiger partial charge in [-0.15, -0.1) is 0 Å². The molecule has 251 valence electrons. The minimum atomic E-state index is -11.2. The number of hydrogen-bond acceptors (Lipinski definition) is 0. The van der Waals surface area contributed by atoms with Crippen LogP contribution in [-0.4, -0.2) is 44.1 Å². The molecular weight excluding hydrogens is 868 g/mol. The first kappa shape index (κ1) is 41.3. The van der Waals surface area contributed by atoms with Crippen LogP contribution in [0.25, 0.3) is 0 Å². The zero-order valence-electron chi connectivity index (χ0n) is 25.1. The number of benzene rings is 5. The van der Waals surface area contributed by atoms with Crippen LogP contribution in [0, 0.1) is 6.65 Å². The molecule has 1 nitrogen and oxygen atoms in total. The van der Waals surface area contributed by atoms with Crippen molar-refractivity contribution in [2.24, 2.45) is 0 Å². The Balaban J connectivity index is 0.000000684. The molecule has 0 bridgehead atoms. The zero-order valence-corrected chi connectivity index (χ0v) is 31.9. The number of hydrogen-bond donors (Lipinski definition) is 0. The molecule has 0 N–H and O–H groups in total. The molecule has 0 heterocycles. The Labute approximate surface area is 291 Å². The average Bonchev–Trinajstić information content (AvgIpc) is 3.06. The van der Waals surface area contributed by atoms with Crippen molar-refractivity contribution in [2.45, 2.75) is 0 Å². The van der Waals surface area contributed by atoms with Gasteiger partial charge in [0.1, 0.15) is 0 Å². The molecule has 5 aromatic rings. The van der Waals surface area contributed by atoms with E-state index in [0.717, 1.165) is 0 Å². The van der Waals surface area contributed by atoms with E-state index in [0.29, 0.717) is 0 Å². The number of halogens is 6. The Bertz CT molecular complexity index is 1430. The van der Waals surface area contributed by atoms with Crippen molar-refractivity contribution < 1.29 is 41.0 Å². The summed E-state index contributed by atoms with van der Waals surface area (Å²) in [6, 6.07) is 56.0. The monoisotopic (exact) mass is 900 g/mol. The van der Waals surface area contributed by atoms with Gasteiger partial charge >= 0.3 is 47.7 Å². The fourth-order valence-corrected chi connectivity index (χ4v) is 13.3. The maximum absolute atomic E-state index is 11.2. The minimum absolute atomic E-state index is 0. The molecule has 0 fully saturated rings. The molecule has 5 aromatic carbocycles. The van der Waals surface area contributed by atoms with E-state index in [1.807, 2.05) is 0 Å². The minimum Gasteiger partial charge on any atom is -0.0746 e. The Morgan fingerprint density at radius 2 is 0.574 bits per heavy atom. The van der Waals surface area contributed by atoms with Crippen LogP contribution in [-0.2, 0) is 24.1 Å². The first-order valence-electron chi connectivity index (χ1n) is 14.2. The van der Waals surface area contributed by atoms with Crippen molar-refractivity contribution in [3.8, 4) is 0 Å². The van der Waals surface area contributed by atoms with E-state index in [1.54, 1.807) is 5.30 Å². The summed E-state index contributed by atoms with van der Waals surface area (Å²) < 4.78 is 67.0. The molecule has 0 atom stereocenters. The van der Waals surface area contributed by atoms with Gasteiger partial charge in [0, 0.05) is 19.5 Å². The summed E-state index contributed by atoms with van der Waals surface area (Å²) in [6.45, 7) is 4.50. The van der Waals surface area contributed by atoms with Gasteiger partial charge in [-0.3, -0.25) is 0 Å². The summed E-state index contributed by atoms with van der Waals surface area (Å²) >= 11 is -11.2. The molecule has 5 rings (SSSR count). The molecule has 47 heavy (non-hydrogen) atoms. The molecule has 0 saturated carbocycles. The van der Waals surface area contributed by atoms with Crippen LogP contribution in [0.4, 0.5) is 16.9 Å². The smallest absolute Gasteiger partial charge is 0 e. The number of rotatable bonds is 11. The van der Waals surface area contributed by atoms with Gasteiger partial charge in [0.2, 0.25) is 0 Å². The molecular formula is C35H33F6OP3RhSb-. The van der Waals surface area contributed by atoms with E-state index in [-0.39, 0.29) is 43.2 Å². The maximum Gasteiger partial charge on any atom is 0 e. The molecule has 0 aliphatic carbocycles. The van der Waals surface area contributed by atoms with Crippen LogP contribution in [0.5, 0.6) is 0 Å². The quantitative estimate of drug-likeness (QED) is 0.0415. The van der Waals surface area contributed by atoms with E-state index >= 15 is 0 Å². The van der Waals surface area contributed by atoms with Gasteiger partial charge in [-0.2, -0.15) is 0 Å². The second kappa shape index (κ2) is 18.8. The molecule has 1 radical (unpaired) electrons. The fourth-order valence-electron chi connectivity index (χ4n) is 4.70. The maximum atomic E-state index is 9.93. The Hall–Kier alpha value is -1.85. The van der Waals surface area contributed by atoms with Crippen molar-refractivity contribution in [3.05, 3.63) is 158 Å². The summed E-state index contributed by atoms with van der Waals surface area (Å²) in [7, 11) is -0.982. The second-order valence-corrected chi connectivity index (χ2v) is 22.6. The molecule has 0 aliphatic heterocycles. The summed E-state index contributed by atoms with van der Waals surface area (Å²) in [5.74, 6) is 0. The van der Waals surface area contributed by atoms with Crippen LogP contribution >= 0.6 is 23.8 Å². The Kier molecular flexibility index (Phi) is 16.5. The van der Waals surface area contributed by atoms with Crippen LogP contribution in [0.1, 0.15) is 0 Å². The molecule has 0 aliphatic rings. The van der Waals surface area contributed by atoms with E-state index < -0.39 is 19.5 Å². The third-order valence-corrected chi connectivity index (χ3v) is 14.9. The Morgan fingerprint density at radius 3 is 0.787 bits per heavy atom. The van der Waals surface area contributed by atoms with Crippen molar-refractivity contribution >= 4 is 69.8 Å². The van der Waals surface area contributed by atoms with Gasteiger partial charge < -0.3 is 0 Å². The first-order valence-corrected chi connectivity index (χ1v) is 24.7. The Morgan fingerprint density at radius 1 is 0.383 bits per heavy atom. The van der Waals surface area contributed by atoms with E-state index in [4.69, 9.17) is 4.65 Å². The van der Waals surface area contributed by atoms with Gasteiger partial charge in [-0.25, -0.2) is 0 Å². The van der Waals surface area contributed by atoms with Crippen molar-refractivity contribution in [3.63, 3.8) is 0 Å². The molecule has 0 amide bonds. The van der Waals surface area contributed by atoms with Crippen LogP contribution < -0.4 is 26.5 Å². The van der Waals surface area contributed by atoms with Gasteiger partial charge in [0.25, 0.3) is 0 Å². The standard InChI is InChI=1S/C34H33P3.CO.6FH.Rh.Sb/c1-6-16-30(17-7-1)35(26-28-36(31-18-8-2-9-19-31)32-20-10-3-11-21-32)27-29-37(33-22-12-4-13-23-33)34-24-14-5-15-25-34;1-2;;;;;;;;/h1-25H,26-29H2;;6*1H;;/q;;;;;;;;;+5/p-6. The molecule has 12 heteroatoms. The predicted octanol–water partition coefficient (Wildman–Crippen LogP) is 9.16. The zero-order chi connectivity index (χ0) is 33.5. The molecule has 0 aromatic heterocycles. The van der Waals surface area contributed by atoms with Gasteiger partial charge in [-0.05, 0) is 67.0 Å². The normalized spacial score (nSPS) is 12.4. The molecule has 0 unspecified atom stereocenters. The topological polar surface area (TPSA) is 19.9 Å². The van der Waals surface area contributed by atoms with Crippen molar-refractivity contribution in [1.82, 2.24) is 0 Å². The summed E-state index contributed by atoms with van der Waals surface area (Å²) in [6.07, 6.45) is 5.00. The first-order chi connectivity index (χ1) is 21.8. The van der Waals surface area contributed by atoms with Crippen molar-refractivity contribution in [2.75, 3.05) is 24.6 Å². The second-order valence-electron chi connectivity index (χ2n) is 9.93. The van der Waals surface area contributed by atoms with E-state index in [1.165, 1.54) is 45.9 Å². The SMILES string of the molecule is [C-]#[O+].[F][Sb-]([F])([F])([F])([F])[F].[Rh].c1ccc(P(CCP(c2ccccc2)c2ccccc2)CCP(c2ccccc2)c2ccccc2)cc1. The largest absolute Gasteiger partial charge is 0.0746 e. The molecule has 0 saturated heterocycles. The van der Waals surface area contributed by atoms with E-state index in [2.05, 4.69) is 158 Å². The van der Waals surface area contributed by atoms with Crippen LogP contribution in [0.2, 0.25) is 0 Å².